The smallest absolute Gasteiger partial charge is 0.116 e. The van der Waals surface area contributed by atoms with E-state index in [2.05, 4.69) is 9.97 Å². The van der Waals surface area contributed by atoms with Gasteiger partial charge < -0.3 is 10.5 Å². The van der Waals surface area contributed by atoms with E-state index in [4.69, 9.17) is 10.5 Å². The summed E-state index contributed by atoms with van der Waals surface area (Å²) in [5, 5.41) is 0. The molecule has 0 bridgehead atoms. The minimum absolute atomic E-state index is 0.160. The van der Waals surface area contributed by atoms with Gasteiger partial charge in [0.25, 0.3) is 0 Å². The van der Waals surface area contributed by atoms with Crippen molar-refractivity contribution in [2.75, 3.05) is 6.61 Å². The second kappa shape index (κ2) is 3.81. The van der Waals surface area contributed by atoms with E-state index in [-0.39, 0.29) is 6.10 Å². The molecule has 0 spiro atoms. The van der Waals surface area contributed by atoms with E-state index >= 15 is 0 Å². The highest BCUT2D eigenvalue weighted by Crippen LogP contribution is 2.26. The van der Waals surface area contributed by atoms with Gasteiger partial charge >= 0.3 is 0 Å². The molecule has 0 amide bonds. The number of rotatable bonds is 2. The van der Waals surface area contributed by atoms with Crippen LogP contribution in [-0.4, -0.2) is 16.6 Å². The van der Waals surface area contributed by atoms with Crippen LogP contribution >= 0.6 is 0 Å². The maximum Gasteiger partial charge on any atom is 0.116 e. The highest BCUT2D eigenvalue weighted by atomic mass is 16.5. The first kappa shape index (κ1) is 8.59. The second-order valence-electron chi connectivity index (χ2n) is 3.14. The van der Waals surface area contributed by atoms with Gasteiger partial charge in [-0.15, -0.1) is 0 Å². The molecule has 4 nitrogen and oxygen atoms in total. The van der Waals surface area contributed by atoms with Crippen molar-refractivity contribution in [3.05, 3.63) is 23.8 Å². The molecule has 2 heterocycles. The molecule has 1 aliphatic rings. The maximum atomic E-state index is 5.51. The Hall–Kier alpha value is -1.00. The summed E-state index contributed by atoms with van der Waals surface area (Å²) in [6.07, 6.45) is 3.89. The van der Waals surface area contributed by atoms with Gasteiger partial charge in [-0.1, -0.05) is 0 Å². The van der Waals surface area contributed by atoms with Gasteiger partial charge in [-0.2, -0.15) is 0 Å². The van der Waals surface area contributed by atoms with Crippen LogP contribution in [-0.2, 0) is 11.3 Å². The summed E-state index contributed by atoms with van der Waals surface area (Å²) in [5.41, 5.74) is 7.33. The first-order chi connectivity index (χ1) is 6.40. The Morgan fingerprint density at radius 2 is 2.46 bits per heavy atom. The maximum absolute atomic E-state index is 5.51. The molecule has 70 valence electrons. The minimum atomic E-state index is 0.160. The lowest BCUT2D eigenvalue weighted by Crippen LogP contribution is -2.05. The zero-order valence-electron chi connectivity index (χ0n) is 7.44. The van der Waals surface area contributed by atoms with E-state index in [0.29, 0.717) is 6.54 Å². The third-order valence-electron chi connectivity index (χ3n) is 2.21. The van der Waals surface area contributed by atoms with Gasteiger partial charge in [0.05, 0.1) is 17.5 Å². The van der Waals surface area contributed by atoms with Gasteiger partial charge in [0.1, 0.15) is 6.33 Å². The van der Waals surface area contributed by atoms with Crippen LogP contribution in [0.25, 0.3) is 0 Å². The summed E-state index contributed by atoms with van der Waals surface area (Å²) in [7, 11) is 0. The summed E-state index contributed by atoms with van der Waals surface area (Å²) in [6, 6.07) is 1.93. The molecular weight excluding hydrogens is 166 g/mol. The molecule has 2 rings (SSSR count). The molecule has 1 aromatic heterocycles. The second-order valence-corrected chi connectivity index (χ2v) is 3.14. The SMILES string of the molecule is NCc1cc([C@@H]2CCCO2)ncn1. The van der Waals surface area contributed by atoms with Crippen molar-refractivity contribution in [3.8, 4) is 0 Å². The van der Waals surface area contributed by atoms with Gasteiger partial charge in [-0.3, -0.25) is 0 Å². The summed E-state index contributed by atoms with van der Waals surface area (Å²) >= 11 is 0. The Kier molecular flexibility index (Phi) is 2.52. The van der Waals surface area contributed by atoms with E-state index < -0.39 is 0 Å². The Morgan fingerprint density at radius 3 is 3.15 bits per heavy atom. The predicted octanol–water partition coefficient (Wildman–Crippen LogP) is 0.787. The molecule has 13 heavy (non-hydrogen) atoms. The summed E-state index contributed by atoms with van der Waals surface area (Å²) in [4.78, 5) is 8.22. The van der Waals surface area contributed by atoms with E-state index in [9.17, 15) is 0 Å². The van der Waals surface area contributed by atoms with E-state index in [0.717, 1.165) is 30.8 Å². The number of nitrogens with two attached hydrogens (primary N) is 1. The Labute approximate surface area is 77.1 Å². The first-order valence-corrected chi connectivity index (χ1v) is 4.52. The first-order valence-electron chi connectivity index (χ1n) is 4.52. The van der Waals surface area contributed by atoms with Crippen LogP contribution in [0, 0.1) is 0 Å². The molecule has 4 heteroatoms. The Balaban J connectivity index is 2.18. The number of ether oxygens (including phenoxy) is 1. The lowest BCUT2D eigenvalue weighted by atomic mass is 10.1. The molecule has 1 fully saturated rings. The highest BCUT2D eigenvalue weighted by molar-refractivity contribution is 5.11. The average molecular weight is 179 g/mol. The molecule has 1 aromatic rings. The fraction of sp³-hybridized carbons (Fsp3) is 0.556. The van der Waals surface area contributed by atoms with Crippen LogP contribution in [0.15, 0.2) is 12.4 Å². The molecule has 0 aliphatic carbocycles. The summed E-state index contributed by atoms with van der Waals surface area (Å²) in [6.45, 7) is 1.30. The third kappa shape index (κ3) is 1.84. The summed E-state index contributed by atoms with van der Waals surface area (Å²) in [5.74, 6) is 0. The lowest BCUT2D eigenvalue weighted by Gasteiger charge is -2.08. The van der Waals surface area contributed by atoms with Crippen LogP contribution in [0.5, 0.6) is 0 Å². The standard InChI is InChI=1S/C9H13N3O/c10-5-7-4-8(12-6-11-7)9-2-1-3-13-9/h4,6,9H,1-3,5,10H2/t9-/m0/s1. The van der Waals surface area contributed by atoms with Gasteiger partial charge in [0.2, 0.25) is 0 Å². The van der Waals surface area contributed by atoms with Gasteiger partial charge in [-0.25, -0.2) is 9.97 Å². The van der Waals surface area contributed by atoms with Crippen LogP contribution in [0.2, 0.25) is 0 Å². The van der Waals surface area contributed by atoms with Crippen molar-refractivity contribution in [3.63, 3.8) is 0 Å². The Bertz CT molecular complexity index is 284. The minimum Gasteiger partial charge on any atom is -0.372 e. The molecule has 2 N–H and O–H groups in total. The monoisotopic (exact) mass is 179 g/mol. The van der Waals surface area contributed by atoms with Crippen molar-refractivity contribution >= 4 is 0 Å². The molecule has 1 aliphatic heterocycles. The number of nitrogens with zero attached hydrogens (tertiary/aromatic N) is 2. The number of hydrogen-bond acceptors (Lipinski definition) is 4. The number of hydrogen-bond donors (Lipinski definition) is 1. The number of aromatic nitrogens is 2. The third-order valence-corrected chi connectivity index (χ3v) is 2.21. The largest absolute Gasteiger partial charge is 0.372 e. The van der Waals surface area contributed by atoms with Crippen LogP contribution < -0.4 is 5.73 Å². The quantitative estimate of drug-likeness (QED) is 0.729. The molecule has 0 unspecified atom stereocenters. The molecule has 0 radical (unpaired) electrons. The van der Waals surface area contributed by atoms with E-state index in [1.807, 2.05) is 6.07 Å². The van der Waals surface area contributed by atoms with Crippen molar-refractivity contribution in [1.29, 1.82) is 0 Å². The van der Waals surface area contributed by atoms with Crippen molar-refractivity contribution in [1.82, 2.24) is 9.97 Å². The zero-order valence-corrected chi connectivity index (χ0v) is 7.44. The van der Waals surface area contributed by atoms with Gasteiger partial charge in [-0.05, 0) is 18.9 Å². The van der Waals surface area contributed by atoms with Crippen molar-refractivity contribution in [2.45, 2.75) is 25.5 Å². The normalized spacial score (nSPS) is 22.1. The van der Waals surface area contributed by atoms with Gasteiger partial charge in [0.15, 0.2) is 0 Å². The fourth-order valence-electron chi connectivity index (χ4n) is 1.51. The molecule has 0 saturated carbocycles. The highest BCUT2D eigenvalue weighted by Gasteiger charge is 2.18. The van der Waals surface area contributed by atoms with Crippen LogP contribution in [0.4, 0.5) is 0 Å². The van der Waals surface area contributed by atoms with E-state index in [1.54, 1.807) is 6.33 Å². The predicted molar refractivity (Wildman–Crippen MR) is 47.9 cm³/mol. The molecule has 1 atom stereocenters. The lowest BCUT2D eigenvalue weighted by molar-refractivity contribution is 0.108. The van der Waals surface area contributed by atoms with Crippen molar-refractivity contribution in [2.24, 2.45) is 5.73 Å². The van der Waals surface area contributed by atoms with Crippen LogP contribution in [0.3, 0.4) is 0 Å². The molecule has 0 aromatic carbocycles. The van der Waals surface area contributed by atoms with Gasteiger partial charge in [0, 0.05) is 13.2 Å². The average Bonchev–Trinajstić information content (AvgIpc) is 2.71. The van der Waals surface area contributed by atoms with Crippen LogP contribution in [0.1, 0.15) is 30.3 Å². The zero-order chi connectivity index (χ0) is 9.10. The summed E-state index contributed by atoms with van der Waals surface area (Å²) < 4.78 is 5.51. The topological polar surface area (TPSA) is 61.0 Å². The molecular formula is C9H13N3O. The van der Waals surface area contributed by atoms with Crippen molar-refractivity contribution < 1.29 is 4.74 Å². The fourth-order valence-corrected chi connectivity index (χ4v) is 1.51. The Morgan fingerprint density at radius 1 is 1.54 bits per heavy atom. The molecule has 1 saturated heterocycles. The van der Waals surface area contributed by atoms with E-state index in [1.165, 1.54) is 0 Å².